The third-order valence-electron chi connectivity index (χ3n) is 3.94. The number of thiophene rings is 1. The number of nitrogens with one attached hydrogen (secondary N) is 1. The van der Waals surface area contributed by atoms with Crippen molar-refractivity contribution in [3.63, 3.8) is 0 Å². The van der Waals surface area contributed by atoms with Gasteiger partial charge in [0.1, 0.15) is 23.0 Å². The van der Waals surface area contributed by atoms with Crippen LogP contribution in [-0.4, -0.2) is 5.91 Å². The molecule has 1 amide bonds. The second kappa shape index (κ2) is 7.93. The molecule has 5 heteroatoms. The predicted octanol–water partition coefficient (Wildman–Crippen LogP) is 5.73. The number of benzene rings is 2. The Kier molecular flexibility index (Phi) is 5.03. The van der Waals surface area contributed by atoms with E-state index < -0.39 is 0 Å². The van der Waals surface area contributed by atoms with Crippen LogP contribution in [0.2, 0.25) is 0 Å². The first kappa shape index (κ1) is 17.1. The summed E-state index contributed by atoms with van der Waals surface area (Å²) in [6, 6.07) is 24.4. The largest absolute Gasteiger partial charge is 0.458 e. The second-order valence-electron chi connectivity index (χ2n) is 5.87. The number of ether oxygens (including phenoxy) is 1. The van der Waals surface area contributed by atoms with Gasteiger partial charge < -0.3 is 14.5 Å². The van der Waals surface area contributed by atoms with E-state index in [9.17, 15) is 4.79 Å². The maximum atomic E-state index is 12.3. The van der Waals surface area contributed by atoms with E-state index in [4.69, 9.17) is 9.15 Å². The summed E-state index contributed by atoms with van der Waals surface area (Å²) in [5.74, 6) is 2.82. The molecule has 0 fully saturated rings. The number of para-hydroxylation sites is 1. The third kappa shape index (κ3) is 4.27. The van der Waals surface area contributed by atoms with E-state index in [1.54, 1.807) is 35.6 Å². The smallest absolute Gasteiger partial charge is 0.251 e. The number of carbonyl (C=O) groups is 1. The van der Waals surface area contributed by atoms with Crippen molar-refractivity contribution in [2.45, 2.75) is 6.54 Å². The summed E-state index contributed by atoms with van der Waals surface area (Å²) in [7, 11) is 0. The molecule has 2 aromatic heterocycles. The van der Waals surface area contributed by atoms with E-state index in [0.717, 1.165) is 22.1 Å². The Balaban J connectivity index is 1.34. The lowest BCUT2D eigenvalue weighted by atomic mass is 10.2. The maximum absolute atomic E-state index is 12.3. The molecule has 0 aliphatic heterocycles. The van der Waals surface area contributed by atoms with Crippen LogP contribution in [0.15, 0.2) is 88.7 Å². The van der Waals surface area contributed by atoms with Gasteiger partial charge in [-0.3, -0.25) is 4.79 Å². The summed E-state index contributed by atoms with van der Waals surface area (Å²) in [6.45, 7) is 0.340. The van der Waals surface area contributed by atoms with Crippen LogP contribution in [0.25, 0.3) is 10.6 Å². The number of carbonyl (C=O) groups excluding carboxylic acids is 1. The zero-order valence-electron chi connectivity index (χ0n) is 14.4. The topological polar surface area (TPSA) is 51.5 Å². The predicted molar refractivity (Wildman–Crippen MR) is 106 cm³/mol. The van der Waals surface area contributed by atoms with Crippen LogP contribution in [-0.2, 0) is 6.54 Å². The lowest BCUT2D eigenvalue weighted by molar-refractivity contribution is 0.0948. The standard InChI is InChI=1S/C22H17NO3S/c24-22(23-15-19-12-13-20(26-19)21-7-4-14-27-21)16-8-10-18(11-9-16)25-17-5-2-1-3-6-17/h1-14H,15H2,(H,23,24). The SMILES string of the molecule is O=C(NCc1ccc(-c2cccs2)o1)c1ccc(Oc2ccccc2)cc1. The Hall–Kier alpha value is -3.31. The Labute approximate surface area is 161 Å². The summed E-state index contributed by atoms with van der Waals surface area (Å²) in [5.41, 5.74) is 0.570. The van der Waals surface area contributed by atoms with Crippen LogP contribution in [0.4, 0.5) is 0 Å². The van der Waals surface area contributed by atoms with Gasteiger partial charge in [0, 0.05) is 5.56 Å². The van der Waals surface area contributed by atoms with Crippen LogP contribution in [0.1, 0.15) is 16.1 Å². The molecule has 2 aromatic carbocycles. The van der Waals surface area contributed by atoms with Crippen LogP contribution in [0, 0.1) is 0 Å². The number of rotatable bonds is 6. The highest BCUT2D eigenvalue weighted by Crippen LogP contribution is 2.26. The van der Waals surface area contributed by atoms with Crippen molar-refractivity contribution in [2.75, 3.05) is 0 Å². The molecule has 0 spiro atoms. The van der Waals surface area contributed by atoms with Crippen molar-refractivity contribution in [2.24, 2.45) is 0 Å². The van der Waals surface area contributed by atoms with Crippen LogP contribution >= 0.6 is 11.3 Å². The lowest BCUT2D eigenvalue weighted by Gasteiger charge is -2.07. The first-order valence-corrected chi connectivity index (χ1v) is 9.40. The minimum absolute atomic E-state index is 0.157. The Morgan fingerprint density at radius 3 is 2.41 bits per heavy atom. The minimum Gasteiger partial charge on any atom is -0.458 e. The van der Waals surface area contributed by atoms with E-state index in [1.165, 1.54) is 0 Å². The molecule has 134 valence electrons. The maximum Gasteiger partial charge on any atom is 0.251 e. The molecule has 0 bridgehead atoms. The number of hydrogen-bond donors (Lipinski definition) is 1. The molecule has 4 aromatic rings. The molecule has 0 aliphatic rings. The van der Waals surface area contributed by atoms with Crippen LogP contribution < -0.4 is 10.1 Å². The molecule has 1 N–H and O–H groups in total. The fourth-order valence-corrected chi connectivity index (χ4v) is 3.28. The monoisotopic (exact) mass is 375 g/mol. The second-order valence-corrected chi connectivity index (χ2v) is 6.81. The van der Waals surface area contributed by atoms with Gasteiger partial charge in [0.05, 0.1) is 11.4 Å². The van der Waals surface area contributed by atoms with Gasteiger partial charge in [-0.05, 0) is 60.0 Å². The summed E-state index contributed by atoms with van der Waals surface area (Å²) in [5, 5.41) is 4.88. The fraction of sp³-hybridized carbons (Fsp3) is 0.0455. The molecule has 4 nitrogen and oxygen atoms in total. The first-order chi connectivity index (χ1) is 13.3. The molecule has 2 heterocycles. The van der Waals surface area contributed by atoms with Gasteiger partial charge in [0.2, 0.25) is 0 Å². The Bertz CT molecular complexity index is 1010. The Morgan fingerprint density at radius 1 is 0.889 bits per heavy atom. The average molecular weight is 375 g/mol. The summed E-state index contributed by atoms with van der Waals surface area (Å²) >= 11 is 1.62. The molecule has 0 saturated heterocycles. The first-order valence-electron chi connectivity index (χ1n) is 8.52. The number of amides is 1. The highest BCUT2D eigenvalue weighted by molar-refractivity contribution is 7.13. The highest BCUT2D eigenvalue weighted by Gasteiger charge is 2.09. The lowest BCUT2D eigenvalue weighted by Crippen LogP contribution is -2.22. The van der Waals surface area contributed by atoms with Crippen molar-refractivity contribution >= 4 is 17.2 Å². The van der Waals surface area contributed by atoms with Gasteiger partial charge in [-0.15, -0.1) is 11.3 Å². The highest BCUT2D eigenvalue weighted by atomic mass is 32.1. The van der Waals surface area contributed by atoms with Crippen molar-refractivity contribution < 1.29 is 13.9 Å². The van der Waals surface area contributed by atoms with Crippen molar-refractivity contribution in [3.05, 3.63) is 95.6 Å². The van der Waals surface area contributed by atoms with Gasteiger partial charge in [-0.1, -0.05) is 24.3 Å². The van der Waals surface area contributed by atoms with Gasteiger partial charge in [0.15, 0.2) is 0 Å². The quantitative estimate of drug-likeness (QED) is 0.468. The van der Waals surface area contributed by atoms with Gasteiger partial charge in [0.25, 0.3) is 5.91 Å². The van der Waals surface area contributed by atoms with E-state index in [-0.39, 0.29) is 5.91 Å². The summed E-state index contributed by atoms with van der Waals surface area (Å²) in [4.78, 5) is 13.4. The molecule has 0 unspecified atom stereocenters. The molecule has 27 heavy (non-hydrogen) atoms. The van der Waals surface area contributed by atoms with E-state index in [2.05, 4.69) is 5.32 Å². The third-order valence-corrected chi connectivity index (χ3v) is 4.83. The van der Waals surface area contributed by atoms with Crippen molar-refractivity contribution in [3.8, 4) is 22.1 Å². The molecule has 0 aliphatic carbocycles. The number of furan rings is 1. The van der Waals surface area contributed by atoms with Gasteiger partial charge in [-0.25, -0.2) is 0 Å². The zero-order valence-corrected chi connectivity index (χ0v) is 15.2. The van der Waals surface area contributed by atoms with Crippen LogP contribution in [0.3, 0.4) is 0 Å². The molecule has 4 rings (SSSR count). The van der Waals surface area contributed by atoms with E-state index in [1.807, 2.05) is 60.0 Å². The molecule has 0 radical (unpaired) electrons. The summed E-state index contributed by atoms with van der Waals surface area (Å²) < 4.78 is 11.5. The average Bonchev–Trinajstić information content (AvgIpc) is 3.39. The van der Waals surface area contributed by atoms with Crippen LogP contribution in [0.5, 0.6) is 11.5 Å². The Morgan fingerprint density at radius 2 is 1.67 bits per heavy atom. The van der Waals surface area contributed by atoms with E-state index in [0.29, 0.717) is 17.9 Å². The minimum atomic E-state index is -0.157. The molecular weight excluding hydrogens is 358 g/mol. The van der Waals surface area contributed by atoms with Gasteiger partial charge >= 0.3 is 0 Å². The summed E-state index contributed by atoms with van der Waals surface area (Å²) in [6.07, 6.45) is 0. The van der Waals surface area contributed by atoms with Gasteiger partial charge in [-0.2, -0.15) is 0 Å². The fourth-order valence-electron chi connectivity index (χ4n) is 2.59. The normalized spacial score (nSPS) is 10.5. The van der Waals surface area contributed by atoms with Crippen molar-refractivity contribution in [1.82, 2.24) is 5.32 Å². The number of hydrogen-bond acceptors (Lipinski definition) is 4. The van der Waals surface area contributed by atoms with E-state index >= 15 is 0 Å². The zero-order chi connectivity index (χ0) is 18.5. The molecule has 0 atom stereocenters. The molecular formula is C22H17NO3S. The van der Waals surface area contributed by atoms with Crippen molar-refractivity contribution in [1.29, 1.82) is 0 Å². The molecule has 0 saturated carbocycles.